The molecule has 0 aromatic carbocycles. The molecule has 2 rings (SSSR count). The summed E-state index contributed by atoms with van der Waals surface area (Å²) in [5.41, 5.74) is 6.40. The van der Waals surface area contributed by atoms with E-state index in [2.05, 4.69) is 31.0 Å². The summed E-state index contributed by atoms with van der Waals surface area (Å²) in [6.07, 6.45) is 4.86. The van der Waals surface area contributed by atoms with Gasteiger partial charge in [-0.15, -0.1) is 0 Å². The zero-order valence-electron chi connectivity index (χ0n) is 11.9. The highest BCUT2D eigenvalue weighted by Gasteiger charge is 2.35. The molecule has 1 aliphatic heterocycles. The number of rotatable bonds is 2. The minimum atomic E-state index is 0.110. The number of hydrogen-bond acceptors (Lipinski definition) is 3. The van der Waals surface area contributed by atoms with Crippen LogP contribution in [0.2, 0.25) is 0 Å². The van der Waals surface area contributed by atoms with Gasteiger partial charge < -0.3 is 16.0 Å². The molecule has 1 saturated heterocycles. The summed E-state index contributed by atoms with van der Waals surface area (Å²) in [6.45, 7) is 7.47. The minimum absolute atomic E-state index is 0.110. The lowest BCUT2D eigenvalue weighted by atomic mass is 9.85. The molecule has 0 radical (unpaired) electrons. The molecule has 0 aromatic rings. The summed E-state index contributed by atoms with van der Waals surface area (Å²) in [5, 5.41) is 3.60. The molecule has 2 unspecified atom stereocenters. The number of carbonyl (C=O) groups excluding carboxylic acids is 1. The average molecular weight is 253 g/mol. The fourth-order valence-corrected chi connectivity index (χ4v) is 3.26. The van der Waals surface area contributed by atoms with E-state index in [0.717, 1.165) is 38.6 Å². The van der Waals surface area contributed by atoms with Crippen molar-refractivity contribution in [3.05, 3.63) is 0 Å². The van der Waals surface area contributed by atoms with E-state index in [4.69, 9.17) is 5.73 Å². The van der Waals surface area contributed by atoms with Crippen LogP contribution in [0.4, 0.5) is 0 Å². The van der Waals surface area contributed by atoms with Crippen LogP contribution in [0.1, 0.15) is 52.9 Å². The van der Waals surface area contributed by atoms with Crippen LogP contribution in [0.25, 0.3) is 0 Å². The number of amides is 1. The molecule has 2 fully saturated rings. The second-order valence-corrected chi connectivity index (χ2v) is 6.82. The predicted octanol–water partition coefficient (Wildman–Crippen LogP) is 1.25. The molecule has 4 nitrogen and oxygen atoms in total. The first-order valence-corrected chi connectivity index (χ1v) is 7.19. The molecule has 0 bridgehead atoms. The van der Waals surface area contributed by atoms with E-state index in [0.29, 0.717) is 18.0 Å². The quantitative estimate of drug-likeness (QED) is 0.778. The van der Waals surface area contributed by atoms with Crippen LogP contribution in [0, 0.1) is 0 Å². The van der Waals surface area contributed by atoms with Gasteiger partial charge in [0.25, 0.3) is 0 Å². The fraction of sp³-hybridized carbons (Fsp3) is 0.929. The molecule has 104 valence electrons. The lowest BCUT2D eigenvalue weighted by Crippen LogP contribution is -2.57. The average Bonchev–Trinajstić information content (AvgIpc) is 2.66. The lowest BCUT2D eigenvalue weighted by Gasteiger charge is -2.41. The summed E-state index contributed by atoms with van der Waals surface area (Å²) in [7, 11) is 0. The molecule has 3 atom stereocenters. The summed E-state index contributed by atoms with van der Waals surface area (Å²) in [5.74, 6) is 0.328. The summed E-state index contributed by atoms with van der Waals surface area (Å²) in [4.78, 5) is 13.8. The first kappa shape index (κ1) is 13.8. The van der Waals surface area contributed by atoms with Crippen molar-refractivity contribution in [2.45, 2.75) is 76.5 Å². The van der Waals surface area contributed by atoms with Gasteiger partial charge in [-0.3, -0.25) is 4.79 Å². The molecule has 0 aromatic heterocycles. The molecule has 18 heavy (non-hydrogen) atoms. The van der Waals surface area contributed by atoms with Gasteiger partial charge in [0.1, 0.15) is 0 Å². The second-order valence-electron chi connectivity index (χ2n) is 6.82. The monoisotopic (exact) mass is 253 g/mol. The number of likely N-dealkylation sites (tertiary alicyclic amines) is 1. The van der Waals surface area contributed by atoms with Crippen LogP contribution in [0.3, 0.4) is 0 Å². The van der Waals surface area contributed by atoms with E-state index in [1.54, 1.807) is 0 Å². The van der Waals surface area contributed by atoms with Crippen molar-refractivity contribution < 1.29 is 4.79 Å². The first-order valence-electron chi connectivity index (χ1n) is 7.19. The van der Waals surface area contributed by atoms with Gasteiger partial charge in [0.2, 0.25) is 5.91 Å². The topological polar surface area (TPSA) is 58.4 Å². The standard InChI is InChI=1S/C14H27N3O/c1-14(2,3)16-12-7-6-10(9-11(12)15)17-8-4-5-13(17)18/h10-12,16H,4-9,15H2,1-3H3/t10?,11-,12?/m0/s1. The molecular formula is C14H27N3O. The van der Waals surface area contributed by atoms with E-state index in [9.17, 15) is 4.79 Å². The van der Waals surface area contributed by atoms with Crippen LogP contribution in [0.5, 0.6) is 0 Å². The molecular weight excluding hydrogens is 226 g/mol. The van der Waals surface area contributed by atoms with Crippen LogP contribution in [-0.4, -0.2) is 41.0 Å². The molecule has 2 aliphatic rings. The Hall–Kier alpha value is -0.610. The summed E-state index contributed by atoms with van der Waals surface area (Å²) < 4.78 is 0. The molecule has 1 heterocycles. The Morgan fingerprint density at radius 3 is 2.56 bits per heavy atom. The second kappa shape index (κ2) is 5.17. The maximum atomic E-state index is 11.8. The normalized spacial score (nSPS) is 34.1. The Kier molecular flexibility index (Phi) is 3.97. The Balaban J connectivity index is 1.90. The molecule has 1 amide bonds. The zero-order valence-corrected chi connectivity index (χ0v) is 11.9. The smallest absolute Gasteiger partial charge is 0.222 e. The molecule has 1 saturated carbocycles. The van der Waals surface area contributed by atoms with Gasteiger partial charge in [0.15, 0.2) is 0 Å². The SMILES string of the molecule is CC(C)(C)NC1CCC(N2CCCC2=O)C[C@@H]1N. The number of nitrogens with two attached hydrogens (primary N) is 1. The Labute approximate surface area is 110 Å². The highest BCUT2D eigenvalue weighted by Crippen LogP contribution is 2.27. The van der Waals surface area contributed by atoms with Crippen molar-refractivity contribution in [1.29, 1.82) is 0 Å². The van der Waals surface area contributed by atoms with Crippen molar-refractivity contribution in [2.24, 2.45) is 5.73 Å². The largest absolute Gasteiger partial charge is 0.340 e. The Morgan fingerprint density at radius 2 is 2.06 bits per heavy atom. The van der Waals surface area contributed by atoms with Crippen LogP contribution in [-0.2, 0) is 4.79 Å². The Bertz CT molecular complexity index is 311. The van der Waals surface area contributed by atoms with Crippen LogP contribution < -0.4 is 11.1 Å². The number of nitrogens with one attached hydrogen (secondary N) is 1. The van der Waals surface area contributed by atoms with Crippen molar-refractivity contribution in [3.8, 4) is 0 Å². The maximum absolute atomic E-state index is 11.8. The molecule has 4 heteroatoms. The molecule has 1 aliphatic carbocycles. The molecule has 0 spiro atoms. The summed E-state index contributed by atoms with van der Waals surface area (Å²) >= 11 is 0. The van der Waals surface area contributed by atoms with E-state index in [1.165, 1.54) is 0 Å². The van der Waals surface area contributed by atoms with Crippen LogP contribution in [0.15, 0.2) is 0 Å². The van der Waals surface area contributed by atoms with E-state index in [-0.39, 0.29) is 11.6 Å². The number of carbonyl (C=O) groups is 1. The summed E-state index contributed by atoms with van der Waals surface area (Å²) in [6, 6.07) is 0.934. The van der Waals surface area contributed by atoms with Gasteiger partial charge in [0, 0.05) is 36.6 Å². The molecule has 3 N–H and O–H groups in total. The van der Waals surface area contributed by atoms with Crippen molar-refractivity contribution in [2.75, 3.05) is 6.54 Å². The maximum Gasteiger partial charge on any atom is 0.222 e. The number of nitrogens with zero attached hydrogens (tertiary/aromatic N) is 1. The zero-order chi connectivity index (χ0) is 13.3. The van der Waals surface area contributed by atoms with Gasteiger partial charge in [-0.1, -0.05) is 0 Å². The first-order chi connectivity index (χ1) is 8.37. The van der Waals surface area contributed by atoms with Crippen molar-refractivity contribution in [1.82, 2.24) is 10.2 Å². The third-order valence-corrected chi connectivity index (χ3v) is 4.04. The van der Waals surface area contributed by atoms with E-state index >= 15 is 0 Å². The Morgan fingerprint density at radius 1 is 1.33 bits per heavy atom. The van der Waals surface area contributed by atoms with Gasteiger partial charge in [0.05, 0.1) is 0 Å². The van der Waals surface area contributed by atoms with Crippen molar-refractivity contribution >= 4 is 5.91 Å². The van der Waals surface area contributed by atoms with Gasteiger partial charge in [-0.25, -0.2) is 0 Å². The van der Waals surface area contributed by atoms with Gasteiger partial charge in [-0.05, 0) is 46.5 Å². The fourth-order valence-electron chi connectivity index (χ4n) is 3.26. The van der Waals surface area contributed by atoms with E-state index in [1.807, 2.05) is 0 Å². The number of hydrogen-bond donors (Lipinski definition) is 2. The van der Waals surface area contributed by atoms with Crippen molar-refractivity contribution in [3.63, 3.8) is 0 Å². The minimum Gasteiger partial charge on any atom is -0.340 e. The highest BCUT2D eigenvalue weighted by molar-refractivity contribution is 5.78. The lowest BCUT2D eigenvalue weighted by molar-refractivity contribution is -0.130. The highest BCUT2D eigenvalue weighted by atomic mass is 16.2. The van der Waals surface area contributed by atoms with Crippen LogP contribution >= 0.6 is 0 Å². The third kappa shape index (κ3) is 3.23. The van der Waals surface area contributed by atoms with Gasteiger partial charge in [-0.2, -0.15) is 0 Å². The predicted molar refractivity (Wildman–Crippen MR) is 73.2 cm³/mol. The van der Waals surface area contributed by atoms with Gasteiger partial charge >= 0.3 is 0 Å². The third-order valence-electron chi connectivity index (χ3n) is 4.04. The van der Waals surface area contributed by atoms with E-state index < -0.39 is 0 Å².